The number of benzene rings is 2. The van der Waals surface area contributed by atoms with Crippen molar-refractivity contribution in [2.45, 2.75) is 6.92 Å². The molecule has 1 N–H and O–H groups in total. The van der Waals surface area contributed by atoms with Gasteiger partial charge < -0.3 is 5.11 Å². The van der Waals surface area contributed by atoms with Crippen LogP contribution in [0.1, 0.15) is 12.5 Å². The molecule has 0 saturated heterocycles. The second-order valence-electron chi connectivity index (χ2n) is 5.50. The first-order chi connectivity index (χ1) is 12.5. The van der Waals surface area contributed by atoms with E-state index in [4.69, 9.17) is 0 Å². The lowest BCUT2D eigenvalue weighted by Crippen LogP contribution is -2.04. The molecule has 0 fully saturated rings. The van der Waals surface area contributed by atoms with Gasteiger partial charge in [0.05, 0.1) is 26.8 Å². The summed E-state index contributed by atoms with van der Waals surface area (Å²) in [4.78, 5) is 27.3. The molecule has 1 heterocycles. The Kier molecular flexibility index (Phi) is 4.99. The van der Waals surface area contributed by atoms with Crippen LogP contribution in [0.3, 0.4) is 0 Å². The van der Waals surface area contributed by atoms with E-state index in [1.807, 2.05) is 18.2 Å². The van der Waals surface area contributed by atoms with Crippen molar-refractivity contribution in [2.75, 3.05) is 0 Å². The van der Waals surface area contributed by atoms with Crippen LogP contribution in [0.2, 0.25) is 0 Å². The lowest BCUT2D eigenvalue weighted by Gasteiger charge is -2.01. The Morgan fingerprint density at radius 2 is 1.81 bits per heavy atom. The molecule has 0 unspecified atom stereocenters. The largest absolute Gasteiger partial charge is 0.506 e. The van der Waals surface area contributed by atoms with Gasteiger partial charge in [-0.25, -0.2) is 0 Å². The zero-order valence-electron chi connectivity index (χ0n) is 13.7. The number of aliphatic hydroxyl groups excluding tert-OH is 1. The van der Waals surface area contributed by atoms with Crippen LogP contribution in [0.4, 0.5) is 11.4 Å². The van der Waals surface area contributed by atoms with Gasteiger partial charge in [0.25, 0.3) is 5.69 Å². The molecule has 0 aliphatic carbocycles. The number of nitrogens with zero attached hydrogens (tertiary/aromatic N) is 2. The molecule has 2 aromatic carbocycles. The summed E-state index contributed by atoms with van der Waals surface area (Å²) in [5, 5.41) is 20.9. The molecule has 26 heavy (non-hydrogen) atoms. The number of carbonyl (C=O) groups excluding carboxylic acids is 1. The van der Waals surface area contributed by atoms with Crippen molar-refractivity contribution in [3.05, 3.63) is 86.5 Å². The number of hydrogen-bond donors (Lipinski definition) is 1. The Balaban J connectivity index is 1.92. The molecule has 0 spiro atoms. The highest BCUT2D eigenvalue weighted by molar-refractivity contribution is 8.18. The summed E-state index contributed by atoms with van der Waals surface area (Å²) in [5.41, 5.74) is 1.92. The minimum atomic E-state index is -0.482. The van der Waals surface area contributed by atoms with Crippen molar-refractivity contribution < 1.29 is 14.8 Å². The molecule has 3 rings (SSSR count). The second kappa shape index (κ2) is 7.37. The van der Waals surface area contributed by atoms with Gasteiger partial charge in [0, 0.05) is 12.1 Å². The number of nitro groups is 1. The maximum absolute atomic E-state index is 12.3. The predicted octanol–water partition coefficient (Wildman–Crippen LogP) is 4.81. The van der Waals surface area contributed by atoms with Gasteiger partial charge in [-0.05, 0) is 54.6 Å². The van der Waals surface area contributed by atoms with E-state index in [1.54, 1.807) is 37.3 Å². The minimum Gasteiger partial charge on any atom is -0.506 e. The lowest BCUT2D eigenvalue weighted by atomic mass is 10.1. The highest BCUT2D eigenvalue weighted by Crippen LogP contribution is 2.38. The van der Waals surface area contributed by atoms with Crippen LogP contribution in [0.25, 0.3) is 6.08 Å². The summed E-state index contributed by atoms with van der Waals surface area (Å²) in [6, 6.07) is 15.0. The number of nitro benzene ring substituents is 1. The average molecular weight is 366 g/mol. The van der Waals surface area contributed by atoms with Crippen molar-refractivity contribution in [1.82, 2.24) is 0 Å². The molecule has 0 amide bonds. The van der Waals surface area contributed by atoms with Gasteiger partial charge in [0.15, 0.2) is 0 Å². The van der Waals surface area contributed by atoms with Crippen LogP contribution in [0.15, 0.2) is 75.8 Å². The number of thioether (sulfide) groups is 1. The first-order valence-corrected chi connectivity index (χ1v) is 8.50. The van der Waals surface area contributed by atoms with Gasteiger partial charge in [0.1, 0.15) is 5.76 Å². The van der Waals surface area contributed by atoms with Gasteiger partial charge in [-0.15, -0.1) is 0 Å². The van der Waals surface area contributed by atoms with E-state index in [9.17, 15) is 20.0 Å². The van der Waals surface area contributed by atoms with E-state index >= 15 is 0 Å². The Bertz CT molecular complexity index is 961. The fourth-order valence-electron chi connectivity index (χ4n) is 2.43. The third-order valence-electron chi connectivity index (χ3n) is 3.69. The Hall–Kier alpha value is -3.19. The van der Waals surface area contributed by atoms with E-state index in [1.165, 1.54) is 12.1 Å². The predicted molar refractivity (Wildman–Crippen MR) is 103 cm³/mol. The van der Waals surface area contributed by atoms with Crippen LogP contribution >= 0.6 is 11.8 Å². The van der Waals surface area contributed by atoms with E-state index in [0.717, 1.165) is 11.8 Å². The number of hydrogen-bond acceptors (Lipinski definition) is 6. The molecule has 0 bridgehead atoms. The van der Waals surface area contributed by atoms with Crippen LogP contribution in [0, 0.1) is 10.1 Å². The molecule has 7 heteroatoms. The number of aliphatic imine (C=N–C) groups is 1. The van der Waals surface area contributed by atoms with Crippen molar-refractivity contribution in [1.29, 1.82) is 0 Å². The van der Waals surface area contributed by atoms with E-state index in [2.05, 4.69) is 4.99 Å². The third-order valence-corrected chi connectivity index (χ3v) is 4.61. The third kappa shape index (κ3) is 3.73. The normalized spacial score (nSPS) is 16.4. The highest BCUT2D eigenvalue weighted by atomic mass is 32.2. The summed E-state index contributed by atoms with van der Waals surface area (Å²) in [5.74, 6) is -0.129. The Morgan fingerprint density at radius 1 is 1.15 bits per heavy atom. The molecule has 130 valence electrons. The first-order valence-electron chi connectivity index (χ1n) is 7.68. The smallest absolute Gasteiger partial charge is 0.269 e. The molecule has 6 nitrogen and oxygen atoms in total. The number of non-ortho nitro benzene ring substituents is 1. The zero-order valence-corrected chi connectivity index (χ0v) is 14.6. The standard InChI is InChI=1S/C19H14N2O4S/c1-12(20-14-5-3-2-4-6-14)17-18(22)16(26-19(17)23)11-13-7-9-15(10-8-13)21(24)25/h2-11,22H,1H3/b16-11+,20-12?. The molecule has 0 saturated carbocycles. The average Bonchev–Trinajstić information content (AvgIpc) is 2.90. The van der Waals surface area contributed by atoms with Crippen LogP contribution in [0.5, 0.6) is 0 Å². The van der Waals surface area contributed by atoms with E-state index in [0.29, 0.717) is 21.9 Å². The highest BCUT2D eigenvalue weighted by Gasteiger charge is 2.30. The van der Waals surface area contributed by atoms with Gasteiger partial charge in [0.2, 0.25) is 5.12 Å². The monoisotopic (exact) mass is 366 g/mol. The van der Waals surface area contributed by atoms with Crippen molar-refractivity contribution in [2.24, 2.45) is 4.99 Å². The maximum atomic E-state index is 12.3. The van der Waals surface area contributed by atoms with Crippen molar-refractivity contribution >= 4 is 40.0 Å². The number of para-hydroxylation sites is 1. The van der Waals surface area contributed by atoms with E-state index < -0.39 is 4.92 Å². The molecule has 1 aliphatic rings. The molecule has 0 atom stereocenters. The van der Waals surface area contributed by atoms with Crippen molar-refractivity contribution in [3.63, 3.8) is 0 Å². The maximum Gasteiger partial charge on any atom is 0.269 e. The topological polar surface area (TPSA) is 92.8 Å². The molecule has 2 aromatic rings. The summed E-state index contributed by atoms with van der Waals surface area (Å²) < 4.78 is 0. The summed E-state index contributed by atoms with van der Waals surface area (Å²) in [7, 11) is 0. The van der Waals surface area contributed by atoms with Gasteiger partial charge in [-0.2, -0.15) is 0 Å². The molecule has 1 aliphatic heterocycles. The number of rotatable bonds is 4. The molecule has 0 radical (unpaired) electrons. The summed E-state index contributed by atoms with van der Waals surface area (Å²) in [6.07, 6.45) is 1.62. The Morgan fingerprint density at radius 3 is 2.42 bits per heavy atom. The second-order valence-corrected chi connectivity index (χ2v) is 6.52. The van der Waals surface area contributed by atoms with Crippen LogP contribution in [-0.2, 0) is 4.79 Å². The lowest BCUT2D eigenvalue weighted by molar-refractivity contribution is -0.384. The van der Waals surface area contributed by atoms with Gasteiger partial charge >= 0.3 is 0 Å². The van der Waals surface area contributed by atoms with Crippen molar-refractivity contribution in [3.8, 4) is 0 Å². The van der Waals surface area contributed by atoms with Crippen LogP contribution < -0.4 is 0 Å². The SMILES string of the molecule is CC(=Nc1ccccc1)C1=C(O)/C(=C\c2ccc([N+](=O)[O-])cc2)SC1=O. The fourth-order valence-corrected chi connectivity index (χ4v) is 3.37. The van der Waals surface area contributed by atoms with Gasteiger partial charge in [-0.1, -0.05) is 18.2 Å². The number of aliphatic hydroxyl groups is 1. The first kappa shape index (κ1) is 17.6. The zero-order chi connectivity index (χ0) is 18.7. The minimum absolute atomic E-state index is 0.0198. The fraction of sp³-hybridized carbons (Fsp3) is 0.0526. The van der Waals surface area contributed by atoms with E-state index in [-0.39, 0.29) is 22.1 Å². The quantitative estimate of drug-likeness (QED) is 0.476. The summed E-state index contributed by atoms with van der Waals surface area (Å²) >= 11 is 0.909. The van der Waals surface area contributed by atoms with Crippen LogP contribution in [-0.4, -0.2) is 20.9 Å². The summed E-state index contributed by atoms with van der Waals surface area (Å²) in [6.45, 7) is 1.67. The number of carbonyl (C=O) groups is 1. The molecular formula is C19H14N2O4S. The molecular weight excluding hydrogens is 352 g/mol. The molecule has 0 aromatic heterocycles. The Labute approximate surface area is 153 Å². The van der Waals surface area contributed by atoms with Gasteiger partial charge in [-0.3, -0.25) is 19.9 Å².